The topological polar surface area (TPSA) is 159 Å². The summed E-state index contributed by atoms with van der Waals surface area (Å²) in [6, 6.07) is 0. The zero-order valence-corrected chi connectivity index (χ0v) is 7.96. The zero-order valence-electron chi connectivity index (χ0n) is 4.99. The van der Waals surface area contributed by atoms with Crippen LogP contribution in [0.3, 0.4) is 0 Å². The van der Waals surface area contributed by atoms with E-state index in [9.17, 15) is 9.13 Å². The molecule has 0 aromatic carbocycles. The molecule has 71 valence electrons. The van der Waals surface area contributed by atoms with Crippen LogP contribution in [0.1, 0.15) is 0 Å². The van der Waals surface area contributed by atoms with Crippen molar-refractivity contribution >= 4 is 15.6 Å². The summed E-state index contributed by atoms with van der Waals surface area (Å²) in [5, 5.41) is 0. The molecule has 0 aliphatic heterocycles. The molecular weight excluding hydrogens is 243 g/mol. The van der Waals surface area contributed by atoms with Crippen LogP contribution in [0.15, 0.2) is 0 Å². The van der Waals surface area contributed by atoms with E-state index in [4.69, 9.17) is 19.6 Å². The van der Waals surface area contributed by atoms with Gasteiger partial charge in [-0.1, -0.05) is 0 Å². The van der Waals surface area contributed by atoms with Crippen molar-refractivity contribution in [3.63, 3.8) is 0 Å². The van der Waals surface area contributed by atoms with Crippen molar-refractivity contribution in [1.82, 2.24) is 6.15 Å². The van der Waals surface area contributed by atoms with Crippen molar-refractivity contribution in [1.29, 1.82) is 0 Å². The molecule has 0 fully saturated rings. The standard InChI is InChI=1S/Mn.H3N.H4O7P2/c;;1-8(2,3)7-9(4,5)6/h;1H3;(H2,1,2,3)(H2,4,5,6). The zero-order chi connectivity index (χ0) is 7.71. The molecule has 0 aromatic rings. The summed E-state index contributed by atoms with van der Waals surface area (Å²) < 4.78 is 22.2. The van der Waals surface area contributed by atoms with Gasteiger partial charge in [0.05, 0.1) is 0 Å². The van der Waals surface area contributed by atoms with E-state index in [-0.39, 0.29) is 23.2 Å². The minimum Gasteiger partial charge on any atom is -0.344 e. The summed E-state index contributed by atoms with van der Waals surface area (Å²) in [7, 11) is -10.1. The van der Waals surface area contributed by atoms with E-state index in [1.807, 2.05) is 0 Å². The minimum atomic E-state index is -5.05. The molecule has 0 aliphatic carbocycles. The molecule has 8 nitrogen and oxygen atoms in total. The Morgan fingerprint density at radius 3 is 1.09 bits per heavy atom. The molecule has 0 unspecified atom stereocenters. The van der Waals surface area contributed by atoms with Crippen molar-refractivity contribution < 1.29 is 50.1 Å². The predicted octanol–water partition coefficient (Wildman–Crippen LogP) is -0.652. The summed E-state index contributed by atoms with van der Waals surface area (Å²) in [6.45, 7) is 0. The summed E-state index contributed by atoms with van der Waals surface area (Å²) >= 11 is 0. The monoisotopic (exact) mass is 250 g/mol. The third-order valence-corrected chi connectivity index (χ3v) is 1.91. The first-order valence-corrected chi connectivity index (χ1v) is 4.59. The Bertz CT molecular complexity index is 157. The predicted molar refractivity (Wildman–Crippen MR) is 30.2 cm³/mol. The normalized spacial score (nSPS) is 11.3. The van der Waals surface area contributed by atoms with Gasteiger partial charge in [0.1, 0.15) is 0 Å². The van der Waals surface area contributed by atoms with E-state index in [0.29, 0.717) is 0 Å². The molecule has 7 N–H and O–H groups in total. The first kappa shape index (κ1) is 17.7. The van der Waals surface area contributed by atoms with E-state index in [1.54, 1.807) is 0 Å². The first-order chi connectivity index (χ1) is 3.71. The van der Waals surface area contributed by atoms with Crippen LogP contribution in [0.2, 0.25) is 0 Å². The van der Waals surface area contributed by atoms with Gasteiger partial charge in [-0.15, -0.1) is 0 Å². The van der Waals surface area contributed by atoms with Crippen molar-refractivity contribution in [2.75, 3.05) is 0 Å². The van der Waals surface area contributed by atoms with Crippen LogP contribution in [0.4, 0.5) is 0 Å². The molecule has 0 saturated heterocycles. The Hall–Kier alpha value is 0.739. The van der Waals surface area contributed by atoms with E-state index in [1.165, 1.54) is 0 Å². The summed E-state index contributed by atoms with van der Waals surface area (Å²) in [5.74, 6) is 0. The third-order valence-electron chi connectivity index (χ3n) is 0.213. The van der Waals surface area contributed by atoms with Gasteiger partial charge in [0.2, 0.25) is 0 Å². The molecule has 0 spiro atoms. The number of phosphoric acid groups is 2. The second-order valence-corrected chi connectivity index (χ2v) is 3.68. The Morgan fingerprint density at radius 2 is 1.09 bits per heavy atom. The molecule has 1 radical (unpaired) electrons. The molecule has 0 bridgehead atoms. The second kappa shape index (κ2) is 5.40. The fourth-order valence-electron chi connectivity index (χ4n) is 0.139. The average Bonchev–Trinajstić information content (AvgIpc) is 1.14. The fourth-order valence-corrected chi connectivity index (χ4v) is 1.25. The number of rotatable bonds is 2. The van der Waals surface area contributed by atoms with Gasteiger partial charge in [-0.25, -0.2) is 9.13 Å². The Morgan fingerprint density at radius 1 is 0.909 bits per heavy atom. The van der Waals surface area contributed by atoms with E-state index in [0.717, 1.165) is 0 Å². The van der Waals surface area contributed by atoms with Gasteiger partial charge in [-0.05, 0) is 0 Å². The van der Waals surface area contributed by atoms with Gasteiger partial charge in [0.25, 0.3) is 0 Å². The molecule has 11 heteroatoms. The largest absolute Gasteiger partial charge is 0.478 e. The van der Waals surface area contributed by atoms with Gasteiger partial charge in [0.15, 0.2) is 0 Å². The van der Waals surface area contributed by atoms with Crippen molar-refractivity contribution in [3.05, 3.63) is 0 Å². The molecule has 0 heterocycles. The molecule has 11 heavy (non-hydrogen) atoms. The van der Waals surface area contributed by atoms with Gasteiger partial charge in [-0.3, -0.25) is 0 Å². The molecule has 0 rings (SSSR count). The first-order valence-electron chi connectivity index (χ1n) is 1.53. The molecule has 0 aromatic heterocycles. The van der Waals surface area contributed by atoms with Crippen LogP contribution in [0.5, 0.6) is 0 Å². The van der Waals surface area contributed by atoms with Crippen LogP contribution < -0.4 is 6.15 Å². The third kappa shape index (κ3) is 18.1. The van der Waals surface area contributed by atoms with Crippen LogP contribution in [0, 0.1) is 0 Å². The summed E-state index contributed by atoms with van der Waals surface area (Å²) in [5.41, 5.74) is 0. The van der Waals surface area contributed by atoms with E-state index >= 15 is 0 Å². The van der Waals surface area contributed by atoms with Crippen LogP contribution in [-0.4, -0.2) is 19.6 Å². The van der Waals surface area contributed by atoms with Crippen LogP contribution in [-0.2, 0) is 30.5 Å². The fraction of sp³-hybridized carbons (Fsp3) is 0. The van der Waals surface area contributed by atoms with Crippen molar-refractivity contribution in [2.45, 2.75) is 0 Å². The maximum Gasteiger partial charge on any atom is 0.478 e. The SMILES string of the molecule is N.O=P(O)(O)OP(=O)(O)O.[Mn]. The van der Waals surface area contributed by atoms with E-state index < -0.39 is 15.6 Å². The Kier molecular flexibility index (Phi) is 8.70. The second-order valence-electron chi connectivity index (χ2n) is 1.06. The smallest absolute Gasteiger partial charge is 0.344 e. The molecule has 0 saturated carbocycles. The van der Waals surface area contributed by atoms with Gasteiger partial charge >= 0.3 is 15.6 Å². The van der Waals surface area contributed by atoms with E-state index in [2.05, 4.69) is 4.31 Å². The quantitative estimate of drug-likeness (QED) is 0.319. The average molecular weight is 250 g/mol. The Balaban J connectivity index is -0.000000320. The molecule has 0 atom stereocenters. The van der Waals surface area contributed by atoms with Gasteiger partial charge < -0.3 is 25.7 Å². The molecular formula is H7MnNO7P2. The van der Waals surface area contributed by atoms with Crippen molar-refractivity contribution in [2.24, 2.45) is 0 Å². The maximum absolute atomic E-state index is 9.63. The molecule has 0 amide bonds. The Labute approximate surface area is 72.5 Å². The minimum absolute atomic E-state index is 0. The number of hydrogen-bond acceptors (Lipinski definition) is 4. The summed E-state index contributed by atoms with van der Waals surface area (Å²) in [6.07, 6.45) is 0. The van der Waals surface area contributed by atoms with Gasteiger partial charge in [-0.2, -0.15) is 4.31 Å². The molecule has 0 aliphatic rings. The van der Waals surface area contributed by atoms with Crippen LogP contribution >= 0.6 is 15.6 Å². The number of hydrogen-bond donors (Lipinski definition) is 5. The van der Waals surface area contributed by atoms with Crippen LogP contribution in [0.25, 0.3) is 0 Å². The van der Waals surface area contributed by atoms with Crippen molar-refractivity contribution in [3.8, 4) is 0 Å². The maximum atomic E-state index is 9.63. The van der Waals surface area contributed by atoms with Gasteiger partial charge in [0, 0.05) is 17.1 Å². The summed E-state index contributed by atoms with van der Waals surface area (Å²) in [4.78, 5) is 31.0.